The van der Waals surface area contributed by atoms with Crippen molar-refractivity contribution < 1.29 is 4.79 Å². The second-order valence-corrected chi connectivity index (χ2v) is 8.72. The van der Waals surface area contributed by atoms with Crippen LogP contribution in [0.25, 0.3) is 27.9 Å². The van der Waals surface area contributed by atoms with Gasteiger partial charge in [-0.05, 0) is 60.7 Å². The minimum atomic E-state index is -0.586. The van der Waals surface area contributed by atoms with E-state index in [1.807, 2.05) is 36.5 Å². The summed E-state index contributed by atoms with van der Waals surface area (Å²) in [7, 11) is 0. The van der Waals surface area contributed by atoms with E-state index in [9.17, 15) is 4.79 Å². The van der Waals surface area contributed by atoms with Crippen LogP contribution in [0, 0.1) is 13.8 Å². The molecule has 0 saturated heterocycles. The van der Waals surface area contributed by atoms with E-state index in [-0.39, 0.29) is 0 Å². The Balaban J connectivity index is 1.67. The molecule has 0 fully saturated rings. The third kappa shape index (κ3) is 3.65. The highest BCUT2D eigenvalue weighted by Crippen LogP contribution is 2.30. The highest BCUT2D eigenvalue weighted by molar-refractivity contribution is 7.09. The highest BCUT2D eigenvalue weighted by atomic mass is 32.1. The second kappa shape index (κ2) is 7.97. The number of benzene rings is 2. The van der Waals surface area contributed by atoms with E-state index in [0.29, 0.717) is 12.2 Å². The van der Waals surface area contributed by atoms with Crippen molar-refractivity contribution in [1.29, 1.82) is 0 Å². The molecule has 7 nitrogen and oxygen atoms in total. The van der Waals surface area contributed by atoms with Gasteiger partial charge in [0.15, 0.2) is 11.5 Å². The van der Waals surface area contributed by atoms with E-state index in [1.165, 1.54) is 16.0 Å². The van der Waals surface area contributed by atoms with Crippen LogP contribution < -0.4 is 16.4 Å². The monoisotopic (exact) mass is 442 g/mol. The van der Waals surface area contributed by atoms with Crippen LogP contribution in [0.15, 0.2) is 60.1 Å². The number of imidazole rings is 1. The van der Waals surface area contributed by atoms with Crippen LogP contribution in [-0.2, 0) is 6.54 Å². The number of carbonyl (C=O) groups excluding carboxylic acids is 1. The van der Waals surface area contributed by atoms with E-state index >= 15 is 0 Å². The molecule has 0 aliphatic rings. The largest absolute Gasteiger partial charge is 0.362 e. The summed E-state index contributed by atoms with van der Waals surface area (Å²) < 4.78 is 2.14. The molecule has 4 N–H and O–H groups in total. The maximum Gasteiger partial charge on any atom is 0.316 e. The lowest BCUT2D eigenvalue weighted by Gasteiger charge is -2.13. The molecule has 5 rings (SSSR count). The first-order chi connectivity index (χ1) is 15.5. The molecule has 32 heavy (non-hydrogen) atoms. The predicted molar refractivity (Wildman–Crippen MR) is 130 cm³/mol. The van der Waals surface area contributed by atoms with Gasteiger partial charge in [-0.1, -0.05) is 18.2 Å². The third-order valence-corrected chi connectivity index (χ3v) is 6.37. The molecule has 2 aromatic carbocycles. The summed E-state index contributed by atoms with van der Waals surface area (Å²) in [5.74, 6) is 0.743. The SMILES string of the molecule is Cc1cc2nc(NCc3cccs3)c3ncc(-c4ccc(NC(N)=O)cc4)n3c2cc1C. The highest BCUT2D eigenvalue weighted by Gasteiger charge is 2.16. The maximum absolute atomic E-state index is 11.1. The average molecular weight is 443 g/mol. The number of amides is 2. The van der Waals surface area contributed by atoms with E-state index in [1.54, 1.807) is 11.3 Å². The molecule has 5 aromatic rings. The second-order valence-electron chi connectivity index (χ2n) is 7.69. The number of nitrogens with two attached hydrogens (primary N) is 1. The number of thiophene rings is 1. The molecule has 0 aliphatic heterocycles. The van der Waals surface area contributed by atoms with Gasteiger partial charge in [0.2, 0.25) is 0 Å². The van der Waals surface area contributed by atoms with Crippen LogP contribution in [-0.4, -0.2) is 20.4 Å². The lowest BCUT2D eigenvalue weighted by atomic mass is 10.1. The van der Waals surface area contributed by atoms with Gasteiger partial charge in [-0.25, -0.2) is 14.8 Å². The van der Waals surface area contributed by atoms with Crippen LogP contribution in [0.4, 0.5) is 16.3 Å². The fourth-order valence-electron chi connectivity index (χ4n) is 3.76. The van der Waals surface area contributed by atoms with Crippen LogP contribution in [0.1, 0.15) is 16.0 Å². The predicted octanol–water partition coefficient (Wildman–Crippen LogP) is 5.33. The quantitative estimate of drug-likeness (QED) is 0.343. The minimum absolute atomic E-state index is 0.586. The normalized spacial score (nSPS) is 11.2. The number of hydrogen-bond acceptors (Lipinski definition) is 5. The zero-order valence-electron chi connectivity index (χ0n) is 17.7. The lowest BCUT2D eigenvalue weighted by molar-refractivity contribution is 0.259. The molecule has 3 heterocycles. The van der Waals surface area contributed by atoms with Crippen molar-refractivity contribution in [3.8, 4) is 11.3 Å². The van der Waals surface area contributed by atoms with Crippen LogP contribution in [0.2, 0.25) is 0 Å². The fraction of sp³-hybridized carbons (Fsp3) is 0.125. The molecule has 0 bridgehead atoms. The van der Waals surface area contributed by atoms with Crippen molar-refractivity contribution in [2.75, 3.05) is 10.6 Å². The minimum Gasteiger partial charge on any atom is -0.362 e. The van der Waals surface area contributed by atoms with E-state index in [2.05, 4.69) is 52.5 Å². The first-order valence-corrected chi connectivity index (χ1v) is 11.1. The molecule has 3 aromatic heterocycles. The smallest absolute Gasteiger partial charge is 0.316 e. The number of nitrogens with zero attached hydrogens (tertiary/aromatic N) is 3. The molecule has 0 saturated carbocycles. The summed E-state index contributed by atoms with van der Waals surface area (Å²) >= 11 is 1.71. The number of nitrogens with one attached hydrogen (secondary N) is 2. The van der Waals surface area contributed by atoms with Crippen molar-refractivity contribution >= 4 is 45.6 Å². The van der Waals surface area contributed by atoms with Gasteiger partial charge in [-0.3, -0.25) is 4.40 Å². The Hall–Kier alpha value is -3.91. The van der Waals surface area contributed by atoms with Crippen molar-refractivity contribution in [3.63, 3.8) is 0 Å². The Morgan fingerprint density at radius 3 is 2.62 bits per heavy atom. The molecule has 8 heteroatoms. The maximum atomic E-state index is 11.1. The summed E-state index contributed by atoms with van der Waals surface area (Å²) in [5.41, 5.74) is 12.8. The van der Waals surface area contributed by atoms with Crippen molar-refractivity contribution in [2.24, 2.45) is 5.73 Å². The van der Waals surface area contributed by atoms with Gasteiger partial charge < -0.3 is 16.4 Å². The summed E-state index contributed by atoms with van der Waals surface area (Å²) in [5, 5.41) is 8.13. The lowest BCUT2D eigenvalue weighted by Crippen LogP contribution is -2.19. The molecule has 0 radical (unpaired) electrons. The molecule has 0 atom stereocenters. The Morgan fingerprint density at radius 1 is 1.12 bits per heavy atom. The molecular formula is C24H22N6OS. The summed E-state index contributed by atoms with van der Waals surface area (Å²) in [4.78, 5) is 22.0. The number of fused-ring (bicyclic) bond motifs is 3. The molecule has 0 aliphatic carbocycles. The van der Waals surface area contributed by atoms with Crippen LogP contribution >= 0.6 is 11.3 Å². The summed E-state index contributed by atoms with van der Waals surface area (Å²) in [6.45, 7) is 4.88. The van der Waals surface area contributed by atoms with Gasteiger partial charge in [0.05, 0.1) is 29.5 Å². The Morgan fingerprint density at radius 2 is 1.91 bits per heavy atom. The number of carbonyl (C=O) groups is 1. The number of anilines is 2. The fourth-order valence-corrected chi connectivity index (χ4v) is 4.40. The van der Waals surface area contributed by atoms with Crippen molar-refractivity contribution in [1.82, 2.24) is 14.4 Å². The standard InChI is InChI=1S/C24H22N6OS/c1-14-10-19-20(11-15(14)2)30-21(16-5-7-17(8-6-16)28-24(25)31)13-27-23(30)22(29-19)26-12-18-4-3-9-32-18/h3-11,13H,12H2,1-2H3,(H,26,29)(H3,25,28,31). The van der Waals surface area contributed by atoms with Crippen molar-refractivity contribution in [3.05, 3.63) is 76.1 Å². The zero-order valence-corrected chi connectivity index (χ0v) is 18.5. The van der Waals surface area contributed by atoms with Gasteiger partial charge in [-0.2, -0.15) is 0 Å². The number of primary amides is 1. The van der Waals surface area contributed by atoms with Crippen LogP contribution in [0.5, 0.6) is 0 Å². The molecule has 0 unspecified atom stereocenters. The van der Waals surface area contributed by atoms with E-state index in [4.69, 9.17) is 15.7 Å². The van der Waals surface area contributed by atoms with Crippen LogP contribution in [0.3, 0.4) is 0 Å². The Kier molecular flexibility index (Phi) is 4.99. The summed E-state index contributed by atoms with van der Waals surface area (Å²) in [6.07, 6.45) is 1.86. The zero-order chi connectivity index (χ0) is 22.2. The first-order valence-electron chi connectivity index (χ1n) is 10.2. The van der Waals surface area contributed by atoms with E-state index in [0.717, 1.165) is 33.8 Å². The number of hydrogen-bond donors (Lipinski definition) is 3. The number of aromatic nitrogens is 3. The van der Waals surface area contributed by atoms with Gasteiger partial charge >= 0.3 is 6.03 Å². The van der Waals surface area contributed by atoms with E-state index < -0.39 is 6.03 Å². The molecule has 0 spiro atoms. The summed E-state index contributed by atoms with van der Waals surface area (Å²) in [6, 6.07) is 15.4. The van der Waals surface area contributed by atoms with Gasteiger partial charge in [-0.15, -0.1) is 11.3 Å². The molecule has 2 amide bonds. The molecular weight excluding hydrogens is 420 g/mol. The average Bonchev–Trinajstić information content (AvgIpc) is 3.44. The first kappa shape index (κ1) is 20.0. The van der Waals surface area contributed by atoms with Gasteiger partial charge in [0.1, 0.15) is 0 Å². The van der Waals surface area contributed by atoms with Gasteiger partial charge in [0.25, 0.3) is 0 Å². The van der Waals surface area contributed by atoms with Gasteiger partial charge in [0, 0.05) is 16.1 Å². The Bertz CT molecular complexity index is 1440. The molecule has 160 valence electrons. The Labute approximate surface area is 188 Å². The number of aryl methyl sites for hydroxylation is 2. The number of urea groups is 1. The third-order valence-electron chi connectivity index (χ3n) is 5.50. The topological polar surface area (TPSA) is 97.3 Å². The number of rotatable bonds is 5. The van der Waals surface area contributed by atoms with Crippen molar-refractivity contribution in [2.45, 2.75) is 20.4 Å².